The first-order valence-electron chi connectivity index (χ1n) is 9.61. The summed E-state index contributed by atoms with van der Waals surface area (Å²) in [7, 11) is 0. The molecule has 32 heavy (non-hydrogen) atoms. The van der Waals surface area contributed by atoms with Crippen LogP contribution in [-0.4, -0.2) is 21.9 Å². The van der Waals surface area contributed by atoms with Crippen LogP contribution in [0, 0.1) is 6.92 Å². The maximum atomic E-state index is 12.6. The molecule has 4 aromatic rings. The van der Waals surface area contributed by atoms with Gasteiger partial charge in [-0.3, -0.25) is 4.79 Å². The third-order valence-electron chi connectivity index (χ3n) is 4.62. The zero-order valence-electron chi connectivity index (χ0n) is 16.9. The third-order valence-corrected chi connectivity index (χ3v) is 4.91. The molecule has 2 aromatic carbocycles. The number of rotatable bonds is 7. The van der Waals surface area contributed by atoms with Crippen molar-refractivity contribution in [3.8, 4) is 11.5 Å². The van der Waals surface area contributed by atoms with Crippen molar-refractivity contribution in [3.63, 3.8) is 0 Å². The molecule has 2 aromatic heterocycles. The topological polar surface area (TPSA) is 64.9 Å². The summed E-state index contributed by atoms with van der Waals surface area (Å²) in [5.74, 6) is -0.0697. The van der Waals surface area contributed by atoms with Crippen LogP contribution in [0.3, 0.4) is 0 Å². The normalized spacial score (nSPS) is 11.0. The average Bonchev–Trinajstić information content (AvgIpc) is 3.19. The van der Waals surface area contributed by atoms with E-state index in [2.05, 4.69) is 15.0 Å². The molecule has 1 N–H and O–H groups in total. The number of nitrogens with one attached hydrogen (secondary N) is 1. The number of benzene rings is 2. The van der Waals surface area contributed by atoms with Gasteiger partial charge in [-0.1, -0.05) is 23.7 Å². The number of anilines is 1. The maximum absolute atomic E-state index is 12.6. The second-order valence-electron chi connectivity index (χ2n) is 6.95. The Morgan fingerprint density at radius 2 is 2.03 bits per heavy atom. The van der Waals surface area contributed by atoms with E-state index in [4.69, 9.17) is 16.3 Å². The van der Waals surface area contributed by atoms with E-state index in [1.807, 2.05) is 35.9 Å². The molecule has 4 rings (SSSR count). The molecule has 0 aliphatic carbocycles. The molecule has 0 aliphatic rings. The number of aromatic nitrogens is 2. The summed E-state index contributed by atoms with van der Waals surface area (Å²) in [5, 5.41) is 2.63. The Hall–Kier alpha value is -3.65. The average molecular weight is 458 g/mol. The Morgan fingerprint density at radius 3 is 2.78 bits per heavy atom. The Bertz CT molecular complexity index is 1280. The third kappa shape index (κ3) is 4.97. The van der Waals surface area contributed by atoms with Crippen molar-refractivity contribution in [2.45, 2.75) is 20.1 Å². The van der Waals surface area contributed by atoms with Gasteiger partial charge in [-0.15, -0.1) is 0 Å². The van der Waals surface area contributed by atoms with E-state index in [9.17, 15) is 13.6 Å². The number of halogens is 3. The van der Waals surface area contributed by atoms with Gasteiger partial charge in [-0.25, -0.2) is 4.98 Å². The molecular weight excluding hydrogens is 440 g/mol. The molecule has 9 heteroatoms. The van der Waals surface area contributed by atoms with Gasteiger partial charge in [0.05, 0.1) is 10.7 Å². The smallest absolute Gasteiger partial charge is 0.387 e. The summed E-state index contributed by atoms with van der Waals surface area (Å²) >= 11 is 5.93. The number of hydrogen-bond acceptors (Lipinski definition) is 4. The predicted octanol–water partition coefficient (Wildman–Crippen LogP) is 5.73. The Kier molecular flexibility index (Phi) is 6.23. The van der Waals surface area contributed by atoms with Crippen LogP contribution in [0.25, 0.3) is 5.65 Å². The number of fused-ring (bicyclic) bond motifs is 1. The molecule has 1 amide bonds. The van der Waals surface area contributed by atoms with Crippen molar-refractivity contribution in [2.24, 2.45) is 0 Å². The maximum Gasteiger partial charge on any atom is 0.387 e. The molecule has 0 atom stereocenters. The second kappa shape index (κ2) is 9.23. The molecule has 2 heterocycles. The van der Waals surface area contributed by atoms with Crippen LogP contribution in [0.5, 0.6) is 11.5 Å². The summed E-state index contributed by atoms with van der Waals surface area (Å²) in [4.78, 5) is 17.2. The monoisotopic (exact) mass is 457 g/mol. The van der Waals surface area contributed by atoms with Gasteiger partial charge in [0, 0.05) is 23.6 Å². The number of pyridine rings is 1. The molecule has 164 valence electrons. The number of imidazole rings is 1. The molecule has 0 aliphatic heterocycles. The first-order valence-corrected chi connectivity index (χ1v) is 9.98. The summed E-state index contributed by atoms with van der Waals surface area (Å²) in [5.41, 5.74) is 3.38. The Balaban J connectivity index is 1.42. The highest BCUT2D eigenvalue weighted by Crippen LogP contribution is 2.29. The van der Waals surface area contributed by atoms with Gasteiger partial charge in [0.1, 0.15) is 23.8 Å². The van der Waals surface area contributed by atoms with E-state index >= 15 is 0 Å². The molecule has 0 radical (unpaired) electrons. The van der Waals surface area contributed by atoms with Crippen molar-refractivity contribution in [2.75, 3.05) is 5.32 Å². The fraction of sp³-hybridized carbons (Fsp3) is 0.130. The molecule has 0 bridgehead atoms. The lowest BCUT2D eigenvalue weighted by atomic mass is 10.2. The van der Waals surface area contributed by atoms with Gasteiger partial charge < -0.3 is 19.2 Å². The predicted molar refractivity (Wildman–Crippen MR) is 117 cm³/mol. The summed E-state index contributed by atoms with van der Waals surface area (Å²) in [6.45, 7) is -0.755. The van der Waals surface area contributed by atoms with Gasteiger partial charge in [-0.05, 0) is 55.0 Å². The van der Waals surface area contributed by atoms with E-state index < -0.39 is 12.5 Å². The number of carbonyl (C=O) groups excluding carboxylic acids is 1. The van der Waals surface area contributed by atoms with Crippen LogP contribution >= 0.6 is 11.6 Å². The number of carbonyl (C=O) groups is 1. The molecular formula is C23H18ClF2N3O3. The quantitative estimate of drug-likeness (QED) is 0.385. The minimum absolute atomic E-state index is 0.0390. The van der Waals surface area contributed by atoms with Crippen LogP contribution in [-0.2, 0) is 6.61 Å². The number of hydrogen-bond donors (Lipinski definition) is 1. The fourth-order valence-corrected chi connectivity index (χ4v) is 3.36. The van der Waals surface area contributed by atoms with Gasteiger partial charge >= 0.3 is 6.61 Å². The van der Waals surface area contributed by atoms with Crippen LogP contribution in [0.15, 0.2) is 67.0 Å². The van der Waals surface area contributed by atoms with Gasteiger partial charge in [-0.2, -0.15) is 8.78 Å². The molecule has 0 fully saturated rings. The SMILES string of the molecule is Cc1cccn2cc(COc3cccc(C(=O)Nc4ccc(OC(F)F)c(Cl)c4)c3)nc12. The molecule has 0 unspecified atom stereocenters. The number of nitrogens with zero attached hydrogens (tertiary/aromatic N) is 2. The van der Waals surface area contributed by atoms with Crippen LogP contribution < -0.4 is 14.8 Å². The van der Waals surface area contributed by atoms with E-state index in [0.29, 0.717) is 17.0 Å². The van der Waals surface area contributed by atoms with E-state index in [1.54, 1.807) is 24.3 Å². The molecule has 0 saturated heterocycles. The van der Waals surface area contributed by atoms with E-state index in [0.717, 1.165) is 16.9 Å². The molecule has 0 spiro atoms. The minimum atomic E-state index is -2.99. The van der Waals surface area contributed by atoms with Crippen molar-refractivity contribution >= 4 is 28.8 Å². The lowest BCUT2D eigenvalue weighted by Crippen LogP contribution is -2.12. The largest absolute Gasteiger partial charge is 0.487 e. The van der Waals surface area contributed by atoms with Gasteiger partial charge in [0.25, 0.3) is 5.91 Å². The Morgan fingerprint density at radius 1 is 1.19 bits per heavy atom. The zero-order chi connectivity index (χ0) is 22.7. The van der Waals surface area contributed by atoms with Crippen LogP contribution in [0.1, 0.15) is 21.6 Å². The highest BCUT2D eigenvalue weighted by Gasteiger charge is 2.12. The Labute approximate surface area is 187 Å². The van der Waals surface area contributed by atoms with Crippen molar-refractivity contribution < 1.29 is 23.0 Å². The summed E-state index contributed by atoms with van der Waals surface area (Å²) in [6.07, 6.45) is 3.81. The van der Waals surface area contributed by atoms with Gasteiger partial charge in [0.15, 0.2) is 0 Å². The molecule has 6 nitrogen and oxygen atoms in total. The highest BCUT2D eigenvalue weighted by molar-refractivity contribution is 6.32. The second-order valence-corrected chi connectivity index (χ2v) is 7.36. The van der Waals surface area contributed by atoms with E-state index in [-0.39, 0.29) is 17.4 Å². The summed E-state index contributed by atoms with van der Waals surface area (Å²) < 4.78 is 36.7. The molecule has 0 saturated carbocycles. The number of amides is 1. The first kappa shape index (κ1) is 21.6. The lowest BCUT2D eigenvalue weighted by molar-refractivity contribution is -0.0497. The standard InChI is InChI=1S/C23H18ClF2N3O3/c1-14-4-3-9-29-12-17(27-21(14)29)13-31-18-6-2-5-15(10-18)22(30)28-16-7-8-20(19(24)11-16)32-23(25)26/h2-12,23H,13H2,1H3,(H,28,30). The first-order chi connectivity index (χ1) is 15.4. The van der Waals surface area contributed by atoms with Crippen LogP contribution in [0.2, 0.25) is 5.02 Å². The van der Waals surface area contributed by atoms with Crippen molar-refractivity contribution in [1.82, 2.24) is 9.38 Å². The van der Waals surface area contributed by atoms with Crippen molar-refractivity contribution in [1.29, 1.82) is 0 Å². The fourth-order valence-electron chi connectivity index (χ4n) is 3.13. The zero-order valence-corrected chi connectivity index (χ0v) is 17.6. The number of aryl methyl sites for hydroxylation is 1. The van der Waals surface area contributed by atoms with Gasteiger partial charge in [0.2, 0.25) is 0 Å². The minimum Gasteiger partial charge on any atom is -0.487 e. The lowest BCUT2D eigenvalue weighted by Gasteiger charge is -2.10. The van der Waals surface area contributed by atoms with E-state index in [1.165, 1.54) is 18.2 Å². The van der Waals surface area contributed by atoms with Crippen LogP contribution in [0.4, 0.5) is 14.5 Å². The number of ether oxygens (including phenoxy) is 2. The van der Waals surface area contributed by atoms with Crippen molar-refractivity contribution in [3.05, 3.63) is 88.8 Å². The summed E-state index contributed by atoms with van der Waals surface area (Å²) in [6, 6.07) is 14.6. The highest BCUT2D eigenvalue weighted by atomic mass is 35.5. The number of alkyl halides is 2.